The zero-order valence-electron chi connectivity index (χ0n) is 16.2. The number of methoxy groups -OCH3 is 1. The maximum atomic E-state index is 13.7. The summed E-state index contributed by atoms with van der Waals surface area (Å²) in [7, 11) is 0.0155. The van der Waals surface area contributed by atoms with Crippen molar-refractivity contribution in [3.05, 3.63) is 41.9 Å². The van der Waals surface area contributed by atoms with Crippen molar-refractivity contribution in [2.75, 3.05) is 20.5 Å². The SMILES string of the molecule is COC(=O)[C@@H]1CC(F)=CN1C(=O)c1ccccc1OCOCC[Si](C)(C)C. The van der Waals surface area contributed by atoms with Crippen molar-refractivity contribution in [2.45, 2.75) is 38.1 Å². The van der Waals surface area contributed by atoms with E-state index in [-0.39, 0.29) is 18.8 Å². The Morgan fingerprint density at radius 1 is 1.26 bits per heavy atom. The predicted molar refractivity (Wildman–Crippen MR) is 102 cm³/mol. The molecule has 0 aliphatic carbocycles. The summed E-state index contributed by atoms with van der Waals surface area (Å²) in [4.78, 5) is 25.8. The summed E-state index contributed by atoms with van der Waals surface area (Å²) < 4.78 is 29.5. The third kappa shape index (κ3) is 5.90. The molecule has 1 heterocycles. The fourth-order valence-electron chi connectivity index (χ4n) is 2.56. The molecule has 0 saturated carbocycles. The van der Waals surface area contributed by atoms with E-state index in [9.17, 15) is 14.0 Å². The second-order valence-corrected chi connectivity index (χ2v) is 13.1. The summed E-state index contributed by atoms with van der Waals surface area (Å²) in [5.74, 6) is -1.43. The first-order valence-electron chi connectivity index (χ1n) is 8.79. The third-order valence-electron chi connectivity index (χ3n) is 4.12. The summed E-state index contributed by atoms with van der Waals surface area (Å²) in [5.41, 5.74) is 0.228. The Bertz CT molecular complexity index is 716. The standard InChI is InChI=1S/C19H26FNO5Si/c1-24-19(23)16-11-14(20)12-21(16)18(22)15-7-5-6-8-17(15)26-13-25-9-10-27(2,3)4/h5-8,12,16H,9-11,13H2,1-4H3/t16-/m0/s1. The van der Waals surface area contributed by atoms with Crippen molar-refractivity contribution in [3.63, 3.8) is 0 Å². The first-order valence-corrected chi connectivity index (χ1v) is 12.5. The average Bonchev–Trinajstić information content (AvgIpc) is 3.01. The molecule has 0 bridgehead atoms. The van der Waals surface area contributed by atoms with E-state index in [0.717, 1.165) is 17.1 Å². The number of ether oxygens (including phenoxy) is 3. The molecule has 1 aromatic rings. The molecular formula is C19H26FNO5Si. The fraction of sp³-hybridized carbons (Fsp3) is 0.474. The highest BCUT2D eigenvalue weighted by Crippen LogP contribution is 2.28. The van der Waals surface area contributed by atoms with Gasteiger partial charge in [-0.05, 0) is 18.2 Å². The molecule has 0 fully saturated rings. The molecular weight excluding hydrogens is 369 g/mol. The number of para-hydroxylation sites is 1. The van der Waals surface area contributed by atoms with Crippen LogP contribution in [0.4, 0.5) is 4.39 Å². The van der Waals surface area contributed by atoms with Crippen LogP contribution < -0.4 is 4.74 Å². The monoisotopic (exact) mass is 395 g/mol. The quantitative estimate of drug-likeness (QED) is 0.291. The topological polar surface area (TPSA) is 65.1 Å². The molecule has 1 atom stereocenters. The predicted octanol–water partition coefficient (Wildman–Crippen LogP) is 3.58. The Balaban J connectivity index is 2.05. The summed E-state index contributed by atoms with van der Waals surface area (Å²) in [6.07, 6.45) is 0.840. The van der Waals surface area contributed by atoms with E-state index in [0.29, 0.717) is 12.4 Å². The van der Waals surface area contributed by atoms with Gasteiger partial charge in [0.25, 0.3) is 5.91 Å². The Morgan fingerprint density at radius 2 is 1.96 bits per heavy atom. The molecule has 0 radical (unpaired) electrons. The highest BCUT2D eigenvalue weighted by atomic mass is 28.3. The van der Waals surface area contributed by atoms with Gasteiger partial charge in [0.05, 0.1) is 12.7 Å². The number of rotatable bonds is 8. The lowest BCUT2D eigenvalue weighted by molar-refractivity contribution is -0.144. The minimum absolute atomic E-state index is 0.0133. The van der Waals surface area contributed by atoms with Gasteiger partial charge in [0, 0.05) is 27.3 Å². The molecule has 148 valence electrons. The number of nitrogens with zero attached hydrogens (tertiary/aromatic N) is 1. The summed E-state index contributed by atoms with van der Waals surface area (Å²) in [6.45, 7) is 7.37. The average molecular weight is 396 g/mol. The van der Waals surface area contributed by atoms with Gasteiger partial charge in [0.1, 0.15) is 17.6 Å². The van der Waals surface area contributed by atoms with Crippen LogP contribution in [0.15, 0.2) is 36.3 Å². The number of hydrogen-bond donors (Lipinski definition) is 0. The lowest BCUT2D eigenvalue weighted by atomic mass is 10.1. The zero-order chi connectivity index (χ0) is 20.0. The van der Waals surface area contributed by atoms with Crippen molar-refractivity contribution >= 4 is 20.0 Å². The Hall–Kier alpha value is -2.19. The molecule has 0 spiro atoms. The molecule has 0 aromatic heterocycles. The lowest BCUT2D eigenvalue weighted by Gasteiger charge is -2.22. The van der Waals surface area contributed by atoms with Crippen molar-refractivity contribution in [1.82, 2.24) is 4.90 Å². The van der Waals surface area contributed by atoms with E-state index in [2.05, 4.69) is 24.4 Å². The van der Waals surface area contributed by atoms with Gasteiger partial charge in [0.15, 0.2) is 6.79 Å². The minimum atomic E-state index is -1.19. The van der Waals surface area contributed by atoms with Crippen LogP contribution in [0.2, 0.25) is 25.7 Å². The number of esters is 1. The van der Waals surface area contributed by atoms with Crippen molar-refractivity contribution in [3.8, 4) is 5.75 Å². The largest absolute Gasteiger partial charge is 0.467 e. The van der Waals surface area contributed by atoms with Crippen molar-refractivity contribution < 1.29 is 28.2 Å². The van der Waals surface area contributed by atoms with Crippen LogP contribution >= 0.6 is 0 Å². The van der Waals surface area contributed by atoms with Gasteiger partial charge < -0.3 is 14.2 Å². The first-order chi connectivity index (χ1) is 12.7. The smallest absolute Gasteiger partial charge is 0.329 e. The normalized spacial score (nSPS) is 16.9. The van der Waals surface area contributed by atoms with E-state index < -0.39 is 31.8 Å². The number of hydrogen-bond acceptors (Lipinski definition) is 5. The highest BCUT2D eigenvalue weighted by molar-refractivity contribution is 6.76. The van der Waals surface area contributed by atoms with Crippen molar-refractivity contribution in [1.29, 1.82) is 0 Å². The fourth-order valence-corrected chi connectivity index (χ4v) is 3.32. The van der Waals surface area contributed by atoms with Gasteiger partial charge in [-0.2, -0.15) is 0 Å². The molecule has 1 amide bonds. The number of carbonyl (C=O) groups is 2. The number of benzene rings is 1. The van der Waals surface area contributed by atoms with Gasteiger partial charge in [0.2, 0.25) is 0 Å². The van der Waals surface area contributed by atoms with E-state index in [4.69, 9.17) is 9.47 Å². The lowest BCUT2D eigenvalue weighted by Crippen LogP contribution is -2.39. The Morgan fingerprint density at radius 3 is 2.63 bits per heavy atom. The van der Waals surface area contributed by atoms with E-state index in [1.807, 2.05) is 0 Å². The minimum Gasteiger partial charge on any atom is -0.467 e. The van der Waals surface area contributed by atoms with E-state index >= 15 is 0 Å². The molecule has 0 N–H and O–H groups in total. The summed E-state index contributed by atoms with van der Waals surface area (Å²) in [6, 6.07) is 6.61. The van der Waals surface area contributed by atoms with Gasteiger partial charge in [-0.15, -0.1) is 0 Å². The maximum Gasteiger partial charge on any atom is 0.329 e. The van der Waals surface area contributed by atoms with Gasteiger partial charge in [-0.1, -0.05) is 31.8 Å². The Kier molecular flexibility index (Phi) is 7.15. The summed E-state index contributed by atoms with van der Waals surface area (Å²) in [5, 5.41) is 0. The molecule has 27 heavy (non-hydrogen) atoms. The van der Waals surface area contributed by atoms with Gasteiger partial charge >= 0.3 is 5.97 Å². The molecule has 1 aromatic carbocycles. The maximum absolute atomic E-state index is 13.7. The van der Waals surface area contributed by atoms with Crippen LogP contribution in [0.1, 0.15) is 16.8 Å². The van der Waals surface area contributed by atoms with Gasteiger partial charge in [-0.3, -0.25) is 9.69 Å². The second kappa shape index (κ2) is 9.14. The van der Waals surface area contributed by atoms with Crippen LogP contribution in [0.3, 0.4) is 0 Å². The number of carbonyl (C=O) groups excluding carboxylic acids is 2. The van der Waals surface area contributed by atoms with Crippen molar-refractivity contribution in [2.24, 2.45) is 0 Å². The molecule has 6 nitrogen and oxygen atoms in total. The third-order valence-corrected chi connectivity index (χ3v) is 5.83. The molecule has 2 rings (SSSR count). The highest BCUT2D eigenvalue weighted by Gasteiger charge is 2.37. The Labute approximate surface area is 159 Å². The van der Waals surface area contributed by atoms with Crippen LogP contribution in [0.25, 0.3) is 0 Å². The van der Waals surface area contributed by atoms with Crippen LogP contribution in [-0.4, -0.2) is 51.4 Å². The molecule has 0 saturated heterocycles. The van der Waals surface area contributed by atoms with E-state index in [1.54, 1.807) is 24.3 Å². The summed E-state index contributed by atoms with van der Waals surface area (Å²) >= 11 is 0. The number of halogens is 1. The second-order valence-electron chi connectivity index (χ2n) is 7.51. The van der Waals surface area contributed by atoms with Crippen LogP contribution in [0.5, 0.6) is 5.75 Å². The molecule has 0 unspecified atom stereocenters. The molecule has 1 aliphatic heterocycles. The zero-order valence-corrected chi connectivity index (χ0v) is 17.2. The van der Waals surface area contributed by atoms with Crippen LogP contribution in [-0.2, 0) is 14.3 Å². The van der Waals surface area contributed by atoms with Gasteiger partial charge in [-0.25, -0.2) is 9.18 Å². The first kappa shape index (κ1) is 21.1. The van der Waals surface area contributed by atoms with E-state index in [1.165, 1.54) is 7.11 Å². The molecule has 8 heteroatoms. The molecule has 1 aliphatic rings. The number of amides is 1. The van der Waals surface area contributed by atoms with Crippen LogP contribution in [0, 0.1) is 0 Å².